The van der Waals surface area contributed by atoms with Crippen molar-refractivity contribution in [3.05, 3.63) is 0 Å². The van der Waals surface area contributed by atoms with Gasteiger partial charge in [0.2, 0.25) is 0 Å². The van der Waals surface area contributed by atoms with Gasteiger partial charge in [0.15, 0.2) is 0 Å². The van der Waals surface area contributed by atoms with Crippen LogP contribution in [-0.4, -0.2) is 23.9 Å². The third-order valence-electron chi connectivity index (χ3n) is 3.02. The van der Waals surface area contributed by atoms with Gasteiger partial charge in [-0.15, -0.1) is 0 Å². The molecule has 0 bridgehead atoms. The summed E-state index contributed by atoms with van der Waals surface area (Å²) in [5, 5.41) is 10.3. The van der Waals surface area contributed by atoms with E-state index in [-0.39, 0.29) is 0 Å². The van der Waals surface area contributed by atoms with Crippen LogP contribution in [0.2, 0.25) is 0 Å². The molecule has 0 aromatic heterocycles. The van der Waals surface area contributed by atoms with E-state index in [9.17, 15) is 5.11 Å². The van der Waals surface area contributed by atoms with Crippen LogP contribution in [0.25, 0.3) is 0 Å². The van der Waals surface area contributed by atoms with Gasteiger partial charge in [-0.2, -0.15) is 0 Å². The highest BCUT2D eigenvalue weighted by molar-refractivity contribution is 4.78. The molecule has 14 heavy (non-hydrogen) atoms. The Bertz CT molecular complexity index is 135. The summed E-state index contributed by atoms with van der Waals surface area (Å²) in [5.74, 6) is 0. The minimum absolute atomic E-state index is 0.536. The van der Waals surface area contributed by atoms with Crippen LogP contribution in [0.1, 0.15) is 58.3 Å². The molecule has 1 unspecified atom stereocenters. The Balaban J connectivity index is 2.36. The first-order valence-electron chi connectivity index (χ1n) is 6.07. The molecule has 0 aliphatic carbocycles. The first-order chi connectivity index (χ1) is 6.77. The van der Waals surface area contributed by atoms with E-state index in [1.807, 2.05) is 0 Å². The molecule has 0 spiro atoms. The Morgan fingerprint density at radius 3 is 2.64 bits per heavy atom. The molecule has 0 aromatic rings. The lowest BCUT2D eigenvalue weighted by atomic mass is 9.91. The predicted octanol–water partition coefficient (Wildman–Crippen LogP) is 2.89. The highest BCUT2D eigenvalue weighted by Gasteiger charge is 2.25. The van der Waals surface area contributed by atoms with Crippen LogP contribution in [-0.2, 0) is 4.74 Å². The maximum absolute atomic E-state index is 10.3. The van der Waals surface area contributed by atoms with Crippen molar-refractivity contribution in [1.29, 1.82) is 0 Å². The normalized spacial score (nSPS) is 31.3. The fourth-order valence-electron chi connectivity index (χ4n) is 2.19. The van der Waals surface area contributed by atoms with E-state index in [2.05, 4.69) is 6.92 Å². The minimum Gasteiger partial charge on any atom is -0.387 e. The van der Waals surface area contributed by atoms with Gasteiger partial charge in [0, 0.05) is 6.61 Å². The zero-order chi connectivity index (χ0) is 10.3. The molecular weight excluding hydrogens is 176 g/mol. The molecule has 0 saturated carbocycles. The molecule has 2 nitrogen and oxygen atoms in total. The van der Waals surface area contributed by atoms with Gasteiger partial charge in [0.1, 0.15) is 0 Å². The Morgan fingerprint density at radius 2 is 1.86 bits per heavy atom. The van der Waals surface area contributed by atoms with Crippen LogP contribution in [0.15, 0.2) is 0 Å². The maximum atomic E-state index is 10.3. The van der Waals surface area contributed by atoms with E-state index in [0.717, 1.165) is 38.7 Å². The van der Waals surface area contributed by atoms with Gasteiger partial charge in [-0.1, -0.05) is 39.0 Å². The van der Waals surface area contributed by atoms with Gasteiger partial charge in [-0.25, -0.2) is 0 Å². The summed E-state index contributed by atoms with van der Waals surface area (Å²) >= 11 is 0. The zero-order valence-electron chi connectivity index (χ0n) is 9.43. The lowest BCUT2D eigenvalue weighted by molar-refractivity contribution is -0.0611. The van der Waals surface area contributed by atoms with Crippen molar-refractivity contribution in [3.8, 4) is 0 Å². The molecule has 1 atom stereocenters. The number of ether oxygens (including phenoxy) is 1. The molecule has 1 saturated heterocycles. The van der Waals surface area contributed by atoms with Gasteiger partial charge < -0.3 is 9.84 Å². The second-order valence-electron chi connectivity index (χ2n) is 4.54. The second kappa shape index (κ2) is 6.41. The molecule has 84 valence electrons. The fraction of sp³-hybridized carbons (Fsp3) is 1.00. The zero-order valence-corrected chi connectivity index (χ0v) is 9.43. The lowest BCUT2D eigenvalue weighted by Gasteiger charge is -2.28. The van der Waals surface area contributed by atoms with Gasteiger partial charge >= 0.3 is 0 Å². The van der Waals surface area contributed by atoms with E-state index in [1.54, 1.807) is 0 Å². The van der Waals surface area contributed by atoms with Crippen LogP contribution >= 0.6 is 0 Å². The van der Waals surface area contributed by atoms with E-state index in [1.165, 1.54) is 19.3 Å². The summed E-state index contributed by atoms with van der Waals surface area (Å²) in [5.41, 5.74) is -0.536. The van der Waals surface area contributed by atoms with Crippen LogP contribution in [0.4, 0.5) is 0 Å². The van der Waals surface area contributed by atoms with E-state index < -0.39 is 5.60 Å². The summed E-state index contributed by atoms with van der Waals surface area (Å²) in [4.78, 5) is 0. The quantitative estimate of drug-likeness (QED) is 0.742. The number of aliphatic hydroxyl groups is 1. The van der Waals surface area contributed by atoms with Crippen molar-refractivity contribution in [1.82, 2.24) is 0 Å². The fourth-order valence-corrected chi connectivity index (χ4v) is 2.19. The highest BCUT2D eigenvalue weighted by atomic mass is 16.5. The van der Waals surface area contributed by atoms with Crippen molar-refractivity contribution in [2.45, 2.75) is 63.9 Å². The molecule has 1 fully saturated rings. The monoisotopic (exact) mass is 200 g/mol. The number of rotatable bonds is 2. The van der Waals surface area contributed by atoms with Gasteiger partial charge in [0.25, 0.3) is 0 Å². The molecule has 1 heterocycles. The topological polar surface area (TPSA) is 29.5 Å². The van der Waals surface area contributed by atoms with Crippen LogP contribution < -0.4 is 0 Å². The van der Waals surface area contributed by atoms with Crippen molar-refractivity contribution in [3.63, 3.8) is 0 Å². The van der Waals surface area contributed by atoms with E-state index in [4.69, 9.17) is 4.74 Å². The summed E-state index contributed by atoms with van der Waals surface area (Å²) in [7, 11) is 0. The smallest absolute Gasteiger partial charge is 0.0880 e. The molecule has 0 aromatic carbocycles. The Morgan fingerprint density at radius 1 is 1.14 bits per heavy atom. The van der Waals surface area contributed by atoms with Crippen LogP contribution in [0, 0.1) is 0 Å². The third kappa shape index (κ3) is 4.43. The SMILES string of the molecule is CCCC1(O)CCCCCCCOC1. The van der Waals surface area contributed by atoms with Gasteiger partial charge in [0.05, 0.1) is 12.2 Å². The summed E-state index contributed by atoms with van der Waals surface area (Å²) < 4.78 is 5.53. The van der Waals surface area contributed by atoms with E-state index in [0.29, 0.717) is 6.61 Å². The average molecular weight is 200 g/mol. The largest absolute Gasteiger partial charge is 0.387 e. The lowest BCUT2D eigenvalue weighted by Crippen LogP contribution is -2.34. The second-order valence-corrected chi connectivity index (χ2v) is 4.54. The minimum atomic E-state index is -0.536. The summed E-state index contributed by atoms with van der Waals surface area (Å²) in [6, 6.07) is 0. The molecule has 1 N–H and O–H groups in total. The predicted molar refractivity (Wildman–Crippen MR) is 58.4 cm³/mol. The van der Waals surface area contributed by atoms with Crippen molar-refractivity contribution in [2.24, 2.45) is 0 Å². The van der Waals surface area contributed by atoms with Crippen molar-refractivity contribution < 1.29 is 9.84 Å². The van der Waals surface area contributed by atoms with Crippen molar-refractivity contribution >= 4 is 0 Å². The highest BCUT2D eigenvalue weighted by Crippen LogP contribution is 2.23. The van der Waals surface area contributed by atoms with Crippen LogP contribution in [0.5, 0.6) is 0 Å². The molecule has 0 radical (unpaired) electrons. The molecular formula is C12H24O2. The Labute approximate surface area is 87.7 Å². The molecule has 1 aliphatic rings. The number of hydrogen-bond donors (Lipinski definition) is 1. The third-order valence-corrected chi connectivity index (χ3v) is 3.02. The Hall–Kier alpha value is -0.0800. The first-order valence-corrected chi connectivity index (χ1v) is 6.07. The molecule has 0 amide bonds. The van der Waals surface area contributed by atoms with Gasteiger partial charge in [-0.05, 0) is 19.3 Å². The van der Waals surface area contributed by atoms with Crippen LogP contribution in [0.3, 0.4) is 0 Å². The van der Waals surface area contributed by atoms with Gasteiger partial charge in [-0.3, -0.25) is 0 Å². The molecule has 1 aliphatic heterocycles. The summed E-state index contributed by atoms with van der Waals surface area (Å²) in [6.07, 6.45) is 9.00. The average Bonchev–Trinajstić information content (AvgIpc) is 2.16. The Kier molecular flexibility index (Phi) is 5.49. The standard InChI is InChI=1S/C12H24O2/c1-2-8-12(13)9-6-4-3-5-7-10-14-11-12/h13H,2-11H2,1H3. The van der Waals surface area contributed by atoms with Crippen molar-refractivity contribution in [2.75, 3.05) is 13.2 Å². The summed E-state index contributed by atoms with van der Waals surface area (Å²) in [6.45, 7) is 3.49. The first kappa shape index (κ1) is 12.0. The van der Waals surface area contributed by atoms with E-state index >= 15 is 0 Å². The number of hydrogen-bond acceptors (Lipinski definition) is 2. The molecule has 2 heteroatoms. The molecule has 1 rings (SSSR count). The maximum Gasteiger partial charge on any atom is 0.0880 e.